The highest BCUT2D eigenvalue weighted by Gasteiger charge is 2.06. The average molecular weight is 235 g/mol. The van der Waals surface area contributed by atoms with Gasteiger partial charge in [0.15, 0.2) is 0 Å². The van der Waals surface area contributed by atoms with Gasteiger partial charge in [-0.15, -0.1) is 0 Å². The Morgan fingerprint density at radius 2 is 1.94 bits per heavy atom. The Balaban J connectivity index is 2.20. The number of hydrogen-bond donors (Lipinski definition) is 1. The Morgan fingerprint density at radius 3 is 2.59 bits per heavy atom. The minimum absolute atomic E-state index is 0.513. The first kappa shape index (κ1) is 14.2. The lowest BCUT2D eigenvalue weighted by atomic mass is 10.0. The minimum atomic E-state index is 0.513. The predicted octanol–water partition coefficient (Wildman–Crippen LogP) is 3.02. The maximum absolute atomic E-state index is 5.60. The van der Waals surface area contributed by atoms with Crippen LogP contribution < -0.4 is 5.32 Å². The van der Waals surface area contributed by atoms with Crippen molar-refractivity contribution in [1.29, 1.82) is 0 Å². The molecule has 0 bridgehead atoms. The second kappa shape index (κ2) is 9.20. The van der Waals surface area contributed by atoms with Crippen LogP contribution in [-0.2, 0) is 11.2 Å². The molecule has 0 aromatic heterocycles. The molecule has 0 aliphatic carbocycles. The van der Waals surface area contributed by atoms with Crippen LogP contribution in [0.1, 0.15) is 31.7 Å². The van der Waals surface area contributed by atoms with Gasteiger partial charge in [0.05, 0.1) is 0 Å². The minimum Gasteiger partial charge on any atom is -0.381 e. The number of unbranched alkanes of at least 4 members (excludes halogenated alkanes) is 1. The molecule has 1 aromatic carbocycles. The Labute approximate surface area is 105 Å². The van der Waals surface area contributed by atoms with Crippen LogP contribution in [0.5, 0.6) is 0 Å². The maximum Gasteiger partial charge on any atom is 0.0480 e. The zero-order valence-electron chi connectivity index (χ0n) is 11.1. The number of rotatable bonds is 9. The van der Waals surface area contributed by atoms with Crippen LogP contribution in [0.15, 0.2) is 30.3 Å². The quantitative estimate of drug-likeness (QED) is 0.664. The van der Waals surface area contributed by atoms with Crippen LogP contribution in [0.3, 0.4) is 0 Å². The van der Waals surface area contributed by atoms with Crippen LogP contribution in [0.4, 0.5) is 0 Å². The highest BCUT2D eigenvalue weighted by atomic mass is 16.5. The lowest BCUT2D eigenvalue weighted by Gasteiger charge is -2.16. The first-order valence-corrected chi connectivity index (χ1v) is 6.65. The van der Waals surface area contributed by atoms with Gasteiger partial charge in [0.2, 0.25) is 0 Å². The van der Waals surface area contributed by atoms with Crippen LogP contribution in [0.25, 0.3) is 0 Å². The largest absolute Gasteiger partial charge is 0.381 e. The van der Waals surface area contributed by atoms with E-state index in [-0.39, 0.29) is 0 Å². The van der Waals surface area contributed by atoms with E-state index in [4.69, 9.17) is 4.74 Å². The van der Waals surface area contributed by atoms with Crippen molar-refractivity contribution in [3.63, 3.8) is 0 Å². The first-order chi connectivity index (χ1) is 8.36. The zero-order valence-corrected chi connectivity index (χ0v) is 11.1. The van der Waals surface area contributed by atoms with E-state index >= 15 is 0 Å². The summed E-state index contributed by atoms with van der Waals surface area (Å²) in [5.74, 6) is 0. The Kier molecular flexibility index (Phi) is 7.69. The van der Waals surface area contributed by atoms with E-state index in [1.807, 2.05) is 7.05 Å². The number of nitrogens with one attached hydrogen (secondary N) is 1. The smallest absolute Gasteiger partial charge is 0.0480 e. The van der Waals surface area contributed by atoms with Gasteiger partial charge in [-0.1, -0.05) is 43.7 Å². The highest BCUT2D eigenvalue weighted by Crippen LogP contribution is 2.05. The van der Waals surface area contributed by atoms with Crippen molar-refractivity contribution < 1.29 is 4.74 Å². The lowest BCUT2D eigenvalue weighted by Crippen LogP contribution is -2.29. The third kappa shape index (κ3) is 6.44. The molecule has 0 heterocycles. The zero-order chi connectivity index (χ0) is 12.3. The first-order valence-electron chi connectivity index (χ1n) is 6.65. The predicted molar refractivity (Wildman–Crippen MR) is 73.3 cm³/mol. The van der Waals surface area contributed by atoms with Gasteiger partial charge in [-0.25, -0.2) is 0 Å². The molecule has 0 radical (unpaired) electrons. The average Bonchev–Trinajstić information content (AvgIpc) is 2.38. The number of ether oxygens (including phenoxy) is 1. The SMILES string of the molecule is CCCCOCCC(Cc1ccccc1)NC. The van der Waals surface area contributed by atoms with Crippen molar-refractivity contribution in [3.05, 3.63) is 35.9 Å². The van der Waals surface area contributed by atoms with Gasteiger partial charge in [-0.3, -0.25) is 0 Å². The molecule has 0 aliphatic heterocycles. The molecule has 1 atom stereocenters. The summed E-state index contributed by atoms with van der Waals surface area (Å²) in [5, 5.41) is 3.36. The third-order valence-electron chi connectivity index (χ3n) is 2.99. The van der Waals surface area contributed by atoms with E-state index < -0.39 is 0 Å². The molecule has 0 spiro atoms. The fourth-order valence-corrected chi connectivity index (χ4v) is 1.82. The number of hydrogen-bond acceptors (Lipinski definition) is 2. The maximum atomic E-state index is 5.60. The topological polar surface area (TPSA) is 21.3 Å². The summed E-state index contributed by atoms with van der Waals surface area (Å²) in [6.45, 7) is 3.95. The van der Waals surface area contributed by atoms with Gasteiger partial charge >= 0.3 is 0 Å². The summed E-state index contributed by atoms with van der Waals surface area (Å²) < 4.78 is 5.60. The van der Waals surface area contributed by atoms with Gasteiger partial charge in [0.1, 0.15) is 0 Å². The van der Waals surface area contributed by atoms with E-state index in [1.54, 1.807) is 0 Å². The number of likely N-dealkylation sites (N-methyl/N-ethyl adjacent to an activating group) is 1. The summed E-state index contributed by atoms with van der Waals surface area (Å²) in [6.07, 6.45) is 4.53. The summed E-state index contributed by atoms with van der Waals surface area (Å²) in [7, 11) is 2.03. The van der Waals surface area contributed by atoms with Crippen molar-refractivity contribution in [2.45, 2.75) is 38.6 Å². The van der Waals surface area contributed by atoms with Crippen LogP contribution in [-0.4, -0.2) is 26.3 Å². The normalized spacial score (nSPS) is 12.6. The van der Waals surface area contributed by atoms with E-state index in [9.17, 15) is 0 Å². The van der Waals surface area contributed by atoms with Crippen LogP contribution >= 0.6 is 0 Å². The molecule has 1 unspecified atom stereocenters. The van der Waals surface area contributed by atoms with Crippen molar-refractivity contribution in [2.24, 2.45) is 0 Å². The third-order valence-corrected chi connectivity index (χ3v) is 2.99. The lowest BCUT2D eigenvalue weighted by molar-refractivity contribution is 0.122. The molecule has 96 valence electrons. The molecule has 0 saturated carbocycles. The summed E-state index contributed by atoms with van der Waals surface area (Å²) >= 11 is 0. The summed E-state index contributed by atoms with van der Waals surface area (Å²) in [4.78, 5) is 0. The van der Waals surface area contributed by atoms with Crippen LogP contribution in [0.2, 0.25) is 0 Å². The van der Waals surface area contributed by atoms with Crippen LogP contribution in [0, 0.1) is 0 Å². The Hall–Kier alpha value is -0.860. The molecule has 1 N–H and O–H groups in total. The van der Waals surface area contributed by atoms with E-state index in [2.05, 4.69) is 42.6 Å². The van der Waals surface area contributed by atoms with E-state index in [1.165, 1.54) is 18.4 Å². The van der Waals surface area contributed by atoms with Gasteiger partial charge < -0.3 is 10.1 Å². The Bertz CT molecular complexity index is 274. The molecule has 17 heavy (non-hydrogen) atoms. The molecular formula is C15H25NO. The molecule has 0 aliphatic rings. The van der Waals surface area contributed by atoms with Crippen molar-refractivity contribution in [2.75, 3.05) is 20.3 Å². The van der Waals surface area contributed by atoms with Crippen molar-refractivity contribution >= 4 is 0 Å². The standard InChI is InChI=1S/C15H25NO/c1-3-4-11-17-12-10-15(16-2)13-14-8-6-5-7-9-14/h5-9,15-16H,3-4,10-13H2,1-2H3. The molecule has 2 heteroatoms. The molecule has 2 nitrogen and oxygen atoms in total. The molecular weight excluding hydrogens is 210 g/mol. The molecule has 1 aromatic rings. The molecule has 0 amide bonds. The van der Waals surface area contributed by atoms with E-state index in [0.29, 0.717) is 6.04 Å². The van der Waals surface area contributed by atoms with Gasteiger partial charge in [-0.05, 0) is 31.9 Å². The molecule has 0 fully saturated rings. The second-order valence-electron chi connectivity index (χ2n) is 4.43. The fraction of sp³-hybridized carbons (Fsp3) is 0.600. The molecule has 0 saturated heterocycles. The highest BCUT2D eigenvalue weighted by molar-refractivity contribution is 5.15. The van der Waals surface area contributed by atoms with Gasteiger partial charge in [0, 0.05) is 19.3 Å². The second-order valence-corrected chi connectivity index (χ2v) is 4.43. The van der Waals surface area contributed by atoms with Gasteiger partial charge in [0.25, 0.3) is 0 Å². The monoisotopic (exact) mass is 235 g/mol. The number of benzene rings is 1. The van der Waals surface area contributed by atoms with Crippen molar-refractivity contribution in [3.8, 4) is 0 Å². The summed E-state index contributed by atoms with van der Waals surface area (Å²) in [5.41, 5.74) is 1.39. The van der Waals surface area contributed by atoms with Crippen molar-refractivity contribution in [1.82, 2.24) is 5.32 Å². The molecule has 1 rings (SSSR count). The fourth-order valence-electron chi connectivity index (χ4n) is 1.82. The summed E-state index contributed by atoms with van der Waals surface area (Å²) in [6, 6.07) is 11.1. The van der Waals surface area contributed by atoms with Gasteiger partial charge in [-0.2, -0.15) is 0 Å². The van der Waals surface area contributed by atoms with E-state index in [0.717, 1.165) is 26.1 Å². The Morgan fingerprint density at radius 1 is 1.18 bits per heavy atom.